The quantitative estimate of drug-likeness (QED) is 0.470. The molecular formula is C24H19F3N4O2. The predicted octanol–water partition coefficient (Wildman–Crippen LogP) is 4.32. The molecule has 0 radical (unpaired) electrons. The lowest BCUT2D eigenvalue weighted by atomic mass is 9.91. The van der Waals surface area contributed by atoms with Crippen molar-refractivity contribution in [3.63, 3.8) is 0 Å². The lowest BCUT2D eigenvalue weighted by molar-refractivity contribution is 0.0583. The van der Waals surface area contributed by atoms with Crippen LogP contribution < -0.4 is 0 Å². The topological polar surface area (TPSA) is 95.0 Å². The van der Waals surface area contributed by atoms with Gasteiger partial charge < -0.3 is 10.2 Å². The molecular weight excluding hydrogens is 433 g/mol. The number of aromatic nitrogens is 3. The summed E-state index contributed by atoms with van der Waals surface area (Å²) in [6.45, 7) is 2.61. The van der Waals surface area contributed by atoms with Gasteiger partial charge in [-0.25, -0.2) is 17.9 Å². The molecule has 0 saturated carbocycles. The number of benzene rings is 3. The fourth-order valence-electron chi connectivity index (χ4n) is 3.68. The standard InChI is InChI=1S/C24H19F3N4O2/c1-24(2,33)12-31-23-20(29-30-31)9-18(21(26)22(23)27)16-6-3-13(11-32)7-17(16)14-4-5-15(10-28)19(25)8-14/h3-9,32-33H,11-12H2,1-2H3. The highest BCUT2D eigenvalue weighted by molar-refractivity contribution is 5.89. The third kappa shape index (κ3) is 4.18. The van der Waals surface area contributed by atoms with E-state index in [1.807, 2.05) is 0 Å². The Labute approximate surface area is 187 Å². The molecule has 0 atom stereocenters. The minimum Gasteiger partial charge on any atom is -0.392 e. The SMILES string of the molecule is CC(C)(O)Cn1nnc2cc(-c3ccc(CO)cc3-c3ccc(C#N)c(F)c3)c(F)c(F)c21. The van der Waals surface area contributed by atoms with Crippen LogP contribution in [-0.4, -0.2) is 30.8 Å². The van der Waals surface area contributed by atoms with E-state index in [9.17, 15) is 14.6 Å². The van der Waals surface area contributed by atoms with Gasteiger partial charge in [-0.1, -0.05) is 23.4 Å². The highest BCUT2D eigenvalue weighted by atomic mass is 19.2. The third-order valence-electron chi connectivity index (χ3n) is 5.17. The van der Waals surface area contributed by atoms with Gasteiger partial charge in [-0.2, -0.15) is 5.26 Å². The summed E-state index contributed by atoms with van der Waals surface area (Å²) < 4.78 is 45.9. The zero-order valence-electron chi connectivity index (χ0n) is 17.8. The Bertz CT molecular complexity index is 1420. The van der Waals surface area contributed by atoms with Crippen molar-refractivity contribution < 1.29 is 23.4 Å². The van der Waals surface area contributed by atoms with Crippen LogP contribution in [0.2, 0.25) is 0 Å². The fourth-order valence-corrected chi connectivity index (χ4v) is 3.68. The number of aliphatic hydroxyl groups excluding tert-OH is 1. The van der Waals surface area contributed by atoms with Crippen molar-refractivity contribution in [2.45, 2.75) is 32.6 Å². The van der Waals surface area contributed by atoms with Gasteiger partial charge in [-0.15, -0.1) is 5.10 Å². The molecule has 3 aromatic carbocycles. The Morgan fingerprint density at radius 3 is 2.39 bits per heavy atom. The van der Waals surface area contributed by atoms with Crippen molar-refractivity contribution in [3.05, 3.63) is 71.0 Å². The Hall–Kier alpha value is -3.74. The summed E-state index contributed by atoms with van der Waals surface area (Å²) in [5, 5.41) is 36.3. The van der Waals surface area contributed by atoms with E-state index in [4.69, 9.17) is 5.26 Å². The van der Waals surface area contributed by atoms with Crippen molar-refractivity contribution in [1.29, 1.82) is 5.26 Å². The largest absolute Gasteiger partial charge is 0.392 e. The normalized spacial score (nSPS) is 11.7. The van der Waals surface area contributed by atoms with Crippen LogP contribution in [0, 0.1) is 28.8 Å². The molecule has 0 bridgehead atoms. The van der Waals surface area contributed by atoms with Gasteiger partial charge in [0.15, 0.2) is 11.6 Å². The maximum atomic E-state index is 15.3. The van der Waals surface area contributed by atoms with Crippen molar-refractivity contribution in [2.24, 2.45) is 0 Å². The molecule has 33 heavy (non-hydrogen) atoms. The highest BCUT2D eigenvalue weighted by Crippen LogP contribution is 2.37. The van der Waals surface area contributed by atoms with Crippen LogP contribution in [0.15, 0.2) is 42.5 Å². The summed E-state index contributed by atoms with van der Waals surface area (Å²) in [5.74, 6) is -3.10. The smallest absolute Gasteiger partial charge is 0.187 e. The van der Waals surface area contributed by atoms with Gasteiger partial charge >= 0.3 is 0 Å². The Morgan fingerprint density at radius 2 is 1.76 bits per heavy atom. The summed E-state index contributed by atoms with van der Waals surface area (Å²) >= 11 is 0. The predicted molar refractivity (Wildman–Crippen MR) is 115 cm³/mol. The second-order valence-electron chi connectivity index (χ2n) is 8.32. The molecule has 6 nitrogen and oxygen atoms in total. The molecule has 0 aliphatic heterocycles. The lowest BCUT2D eigenvalue weighted by Gasteiger charge is -2.17. The number of nitrogens with zero attached hydrogens (tertiary/aromatic N) is 4. The molecule has 168 valence electrons. The Morgan fingerprint density at radius 1 is 1.00 bits per heavy atom. The molecule has 1 aromatic heterocycles. The van der Waals surface area contributed by atoms with Gasteiger partial charge in [-0.3, -0.25) is 0 Å². The first kappa shape index (κ1) is 22.5. The summed E-state index contributed by atoms with van der Waals surface area (Å²) in [4.78, 5) is 0. The molecule has 0 fully saturated rings. The first-order valence-corrected chi connectivity index (χ1v) is 10.0. The van der Waals surface area contributed by atoms with E-state index in [2.05, 4.69) is 10.3 Å². The molecule has 1 heterocycles. The number of fused-ring (bicyclic) bond motifs is 1. The molecule has 0 aliphatic rings. The number of rotatable bonds is 5. The van der Waals surface area contributed by atoms with Gasteiger partial charge in [0.2, 0.25) is 0 Å². The molecule has 0 spiro atoms. The Kier molecular flexibility index (Phi) is 5.66. The van der Waals surface area contributed by atoms with E-state index in [1.165, 1.54) is 38.1 Å². The van der Waals surface area contributed by atoms with Crippen LogP contribution in [0.5, 0.6) is 0 Å². The van der Waals surface area contributed by atoms with E-state index in [1.54, 1.807) is 18.2 Å². The molecule has 9 heteroatoms. The van der Waals surface area contributed by atoms with Crippen LogP contribution >= 0.6 is 0 Å². The number of aliphatic hydroxyl groups is 2. The molecule has 0 saturated heterocycles. The van der Waals surface area contributed by atoms with Crippen molar-refractivity contribution in [2.75, 3.05) is 0 Å². The van der Waals surface area contributed by atoms with E-state index >= 15 is 8.78 Å². The summed E-state index contributed by atoms with van der Waals surface area (Å²) in [7, 11) is 0. The van der Waals surface area contributed by atoms with Gasteiger partial charge in [0, 0.05) is 5.56 Å². The third-order valence-corrected chi connectivity index (χ3v) is 5.17. The summed E-state index contributed by atoms with van der Waals surface area (Å²) in [5.41, 5.74) is -0.222. The Balaban J connectivity index is 1.94. The second-order valence-corrected chi connectivity index (χ2v) is 8.32. The van der Waals surface area contributed by atoms with Crippen LogP contribution in [0.4, 0.5) is 13.2 Å². The minimum atomic E-state index is -1.23. The monoisotopic (exact) mass is 452 g/mol. The van der Waals surface area contributed by atoms with Gasteiger partial charge in [0.05, 0.1) is 24.3 Å². The number of hydrogen-bond acceptors (Lipinski definition) is 5. The zero-order valence-corrected chi connectivity index (χ0v) is 17.8. The molecule has 0 aliphatic carbocycles. The fraction of sp³-hybridized carbons (Fsp3) is 0.208. The maximum absolute atomic E-state index is 15.3. The zero-order chi connectivity index (χ0) is 23.9. The molecule has 4 rings (SSSR count). The summed E-state index contributed by atoms with van der Waals surface area (Å²) in [6, 6.07) is 11.6. The van der Waals surface area contributed by atoms with Crippen LogP contribution in [0.1, 0.15) is 25.0 Å². The molecule has 0 unspecified atom stereocenters. The molecule has 2 N–H and O–H groups in total. The van der Waals surface area contributed by atoms with Gasteiger partial charge in [-0.05, 0) is 60.4 Å². The van der Waals surface area contributed by atoms with E-state index in [-0.39, 0.29) is 40.9 Å². The molecule has 4 aromatic rings. The van der Waals surface area contributed by atoms with Crippen LogP contribution in [0.25, 0.3) is 33.3 Å². The van der Waals surface area contributed by atoms with E-state index in [0.717, 1.165) is 10.7 Å². The van der Waals surface area contributed by atoms with Crippen molar-refractivity contribution in [3.8, 4) is 28.3 Å². The number of halogens is 3. The highest BCUT2D eigenvalue weighted by Gasteiger charge is 2.24. The second kappa shape index (κ2) is 8.31. The van der Waals surface area contributed by atoms with Crippen LogP contribution in [-0.2, 0) is 13.2 Å². The number of hydrogen-bond donors (Lipinski definition) is 2. The van der Waals surface area contributed by atoms with E-state index in [0.29, 0.717) is 16.7 Å². The van der Waals surface area contributed by atoms with Crippen molar-refractivity contribution >= 4 is 11.0 Å². The lowest BCUT2D eigenvalue weighted by Crippen LogP contribution is -2.27. The van der Waals surface area contributed by atoms with Gasteiger partial charge in [0.1, 0.15) is 22.9 Å². The first-order valence-electron chi connectivity index (χ1n) is 10.0. The average molecular weight is 452 g/mol. The minimum absolute atomic E-state index is 0.0799. The van der Waals surface area contributed by atoms with Crippen LogP contribution in [0.3, 0.4) is 0 Å². The maximum Gasteiger partial charge on any atom is 0.187 e. The molecule has 0 amide bonds. The number of nitriles is 1. The summed E-state index contributed by atoms with van der Waals surface area (Å²) in [6.07, 6.45) is 0. The van der Waals surface area contributed by atoms with Gasteiger partial charge in [0.25, 0.3) is 0 Å². The average Bonchev–Trinajstić information content (AvgIpc) is 3.16. The van der Waals surface area contributed by atoms with Crippen molar-refractivity contribution in [1.82, 2.24) is 15.0 Å². The first-order chi connectivity index (χ1) is 15.6. The van der Waals surface area contributed by atoms with E-state index < -0.39 is 23.1 Å².